The highest BCUT2D eigenvalue weighted by Gasteiger charge is 2.36. The molecular weight excluding hydrogens is 263 g/mol. The van der Waals surface area contributed by atoms with Crippen molar-refractivity contribution in [3.63, 3.8) is 0 Å². The fourth-order valence-electron chi connectivity index (χ4n) is 2.54. The van der Waals surface area contributed by atoms with Gasteiger partial charge in [0.25, 0.3) is 0 Å². The Kier molecular flexibility index (Phi) is 6.54. The molecule has 1 rings (SSSR count). The summed E-state index contributed by atoms with van der Waals surface area (Å²) in [6.07, 6.45) is 4.64. The largest absolute Gasteiger partial charge is 0.329 e. The standard InChI is InChI=1S/C14H27O2PS/c1-6-15-17(18,16-7-2)14-10-13(11(3)4)9-8-12(14)5/h8,11,13-14H,6-7,9-10H2,1-5H3. The van der Waals surface area contributed by atoms with Gasteiger partial charge in [0.2, 0.25) is 0 Å². The molecule has 0 amide bonds. The lowest BCUT2D eigenvalue weighted by Gasteiger charge is -2.37. The number of hydrogen-bond acceptors (Lipinski definition) is 3. The van der Waals surface area contributed by atoms with Crippen LogP contribution in [0.2, 0.25) is 0 Å². The third-order valence-electron chi connectivity index (χ3n) is 3.74. The Labute approximate surface area is 117 Å². The summed E-state index contributed by atoms with van der Waals surface area (Å²) in [5.74, 6) is 1.41. The van der Waals surface area contributed by atoms with E-state index in [9.17, 15) is 0 Å². The van der Waals surface area contributed by atoms with Gasteiger partial charge in [-0.3, -0.25) is 0 Å². The van der Waals surface area contributed by atoms with Crippen molar-refractivity contribution in [2.45, 2.75) is 53.1 Å². The highest BCUT2D eigenvalue weighted by molar-refractivity contribution is 8.10. The van der Waals surface area contributed by atoms with Gasteiger partial charge < -0.3 is 9.05 Å². The summed E-state index contributed by atoms with van der Waals surface area (Å²) < 4.78 is 11.7. The molecule has 4 heteroatoms. The second-order valence-electron chi connectivity index (χ2n) is 5.31. The molecule has 0 aromatic rings. The van der Waals surface area contributed by atoms with Gasteiger partial charge in [-0.1, -0.05) is 25.5 Å². The van der Waals surface area contributed by atoms with Crippen LogP contribution in [0.4, 0.5) is 0 Å². The molecule has 2 unspecified atom stereocenters. The highest BCUT2D eigenvalue weighted by atomic mass is 32.5. The molecule has 18 heavy (non-hydrogen) atoms. The van der Waals surface area contributed by atoms with Crippen LogP contribution in [-0.2, 0) is 20.9 Å². The van der Waals surface area contributed by atoms with Gasteiger partial charge in [0.1, 0.15) is 0 Å². The van der Waals surface area contributed by atoms with Crippen LogP contribution in [0.3, 0.4) is 0 Å². The maximum Gasteiger partial charge on any atom is 0.195 e. The normalized spacial score (nSPS) is 25.3. The third-order valence-corrected chi connectivity index (χ3v) is 7.75. The first kappa shape index (κ1) is 16.4. The van der Waals surface area contributed by atoms with Crippen LogP contribution >= 0.6 is 6.49 Å². The van der Waals surface area contributed by atoms with E-state index < -0.39 is 6.49 Å². The average Bonchev–Trinajstić information content (AvgIpc) is 2.29. The van der Waals surface area contributed by atoms with E-state index in [1.165, 1.54) is 12.0 Å². The van der Waals surface area contributed by atoms with Gasteiger partial charge in [-0.25, -0.2) is 0 Å². The van der Waals surface area contributed by atoms with E-state index in [4.69, 9.17) is 20.9 Å². The lowest BCUT2D eigenvalue weighted by Crippen LogP contribution is -2.25. The van der Waals surface area contributed by atoms with Gasteiger partial charge in [-0.05, 0) is 57.3 Å². The first-order valence-electron chi connectivity index (χ1n) is 7.00. The third kappa shape index (κ3) is 3.90. The summed E-state index contributed by atoms with van der Waals surface area (Å²) in [4.78, 5) is 0. The van der Waals surface area contributed by atoms with E-state index in [-0.39, 0.29) is 0 Å². The molecule has 1 aliphatic carbocycles. The van der Waals surface area contributed by atoms with Crippen molar-refractivity contribution < 1.29 is 9.05 Å². The van der Waals surface area contributed by atoms with Crippen LogP contribution < -0.4 is 0 Å². The minimum Gasteiger partial charge on any atom is -0.329 e. The first-order valence-corrected chi connectivity index (χ1v) is 9.70. The Balaban J connectivity index is 2.92. The van der Waals surface area contributed by atoms with Crippen LogP contribution in [0.25, 0.3) is 0 Å². The average molecular weight is 290 g/mol. The van der Waals surface area contributed by atoms with Crippen molar-refractivity contribution >= 4 is 18.3 Å². The fourth-order valence-corrected chi connectivity index (χ4v) is 6.22. The molecule has 0 heterocycles. The second-order valence-corrected chi connectivity index (χ2v) is 9.06. The predicted molar refractivity (Wildman–Crippen MR) is 82.6 cm³/mol. The van der Waals surface area contributed by atoms with Crippen LogP contribution in [0.5, 0.6) is 0 Å². The van der Waals surface area contributed by atoms with Crippen molar-refractivity contribution in [1.29, 1.82) is 0 Å². The van der Waals surface area contributed by atoms with Crippen molar-refractivity contribution in [3.8, 4) is 0 Å². The zero-order valence-corrected chi connectivity index (χ0v) is 14.0. The summed E-state index contributed by atoms with van der Waals surface area (Å²) in [6, 6.07) is 0. The fraction of sp³-hybridized carbons (Fsp3) is 0.857. The zero-order chi connectivity index (χ0) is 13.8. The molecule has 0 N–H and O–H groups in total. The van der Waals surface area contributed by atoms with Crippen molar-refractivity contribution in [2.24, 2.45) is 11.8 Å². The second kappa shape index (κ2) is 7.19. The van der Waals surface area contributed by atoms with Crippen molar-refractivity contribution in [2.75, 3.05) is 13.2 Å². The maximum atomic E-state index is 5.87. The maximum absolute atomic E-state index is 5.87. The minimum atomic E-state index is -2.16. The molecule has 0 bridgehead atoms. The Hall–Kier alpha value is 0.310. The Bertz CT molecular complexity index is 329. The van der Waals surface area contributed by atoms with Crippen molar-refractivity contribution in [1.82, 2.24) is 0 Å². The summed E-state index contributed by atoms with van der Waals surface area (Å²) in [5.41, 5.74) is 1.69. The van der Waals surface area contributed by atoms with Gasteiger partial charge in [-0.2, -0.15) is 0 Å². The molecule has 1 aliphatic rings. The lowest BCUT2D eigenvalue weighted by molar-refractivity contribution is 0.251. The van der Waals surface area contributed by atoms with Gasteiger partial charge in [-0.15, -0.1) is 0 Å². The van der Waals surface area contributed by atoms with Crippen LogP contribution in [0, 0.1) is 11.8 Å². The van der Waals surface area contributed by atoms with Crippen LogP contribution in [-0.4, -0.2) is 18.9 Å². The van der Waals surface area contributed by atoms with Crippen LogP contribution in [0.1, 0.15) is 47.5 Å². The summed E-state index contributed by atoms with van der Waals surface area (Å²) >= 11 is 5.76. The molecule has 0 aliphatic heterocycles. The predicted octanol–water partition coefficient (Wildman–Crippen LogP) is 4.75. The topological polar surface area (TPSA) is 18.5 Å². The molecule has 0 aromatic heterocycles. The molecule has 0 radical (unpaired) electrons. The van der Waals surface area contributed by atoms with E-state index in [0.29, 0.717) is 30.7 Å². The Morgan fingerprint density at radius 1 is 1.33 bits per heavy atom. The van der Waals surface area contributed by atoms with E-state index in [1.807, 2.05) is 13.8 Å². The lowest BCUT2D eigenvalue weighted by atomic mass is 9.82. The molecule has 2 nitrogen and oxygen atoms in total. The van der Waals surface area contributed by atoms with Crippen LogP contribution in [0.15, 0.2) is 11.6 Å². The molecule has 0 saturated heterocycles. The summed E-state index contributed by atoms with van der Waals surface area (Å²) in [5, 5.41) is 0. The number of allylic oxidation sites excluding steroid dienone is 2. The molecule has 0 fully saturated rings. The number of hydrogen-bond donors (Lipinski definition) is 0. The van der Waals surface area contributed by atoms with Gasteiger partial charge in [0.15, 0.2) is 6.49 Å². The summed E-state index contributed by atoms with van der Waals surface area (Å²) in [7, 11) is 0. The first-order chi connectivity index (χ1) is 8.44. The minimum absolute atomic E-state index is 0.313. The van der Waals surface area contributed by atoms with E-state index in [0.717, 1.165) is 6.42 Å². The molecule has 106 valence electrons. The molecule has 0 aromatic carbocycles. The van der Waals surface area contributed by atoms with Gasteiger partial charge in [0, 0.05) is 0 Å². The molecule has 0 saturated carbocycles. The van der Waals surface area contributed by atoms with E-state index in [1.54, 1.807) is 0 Å². The number of rotatable bonds is 6. The Morgan fingerprint density at radius 3 is 2.33 bits per heavy atom. The summed E-state index contributed by atoms with van der Waals surface area (Å²) in [6.45, 7) is 9.90. The smallest absolute Gasteiger partial charge is 0.195 e. The quantitative estimate of drug-likeness (QED) is 0.519. The van der Waals surface area contributed by atoms with Crippen molar-refractivity contribution in [3.05, 3.63) is 11.6 Å². The molecule has 2 atom stereocenters. The van der Waals surface area contributed by atoms with E-state index in [2.05, 4.69) is 26.8 Å². The Morgan fingerprint density at radius 2 is 1.89 bits per heavy atom. The van der Waals surface area contributed by atoms with Gasteiger partial charge >= 0.3 is 0 Å². The SMILES string of the molecule is CCOP(=S)(OCC)C1CC(C(C)C)CC=C1C. The monoisotopic (exact) mass is 290 g/mol. The zero-order valence-electron chi connectivity index (χ0n) is 12.3. The highest BCUT2D eigenvalue weighted by Crippen LogP contribution is 2.59. The molecule has 0 spiro atoms. The van der Waals surface area contributed by atoms with E-state index >= 15 is 0 Å². The van der Waals surface area contributed by atoms with Gasteiger partial charge in [0.05, 0.1) is 18.9 Å². The molecular formula is C14H27O2PS.